The minimum Gasteiger partial charge on any atom is -0.461 e. The zero-order chi connectivity index (χ0) is 33.9. The highest BCUT2D eigenvalue weighted by molar-refractivity contribution is 6.01. The number of fused-ring (bicyclic) bond motifs is 2. The summed E-state index contributed by atoms with van der Waals surface area (Å²) in [6.45, 7) is 7.46. The Morgan fingerprint density at radius 2 is 1.94 bits per heavy atom. The predicted octanol–water partition coefficient (Wildman–Crippen LogP) is 6.02. The van der Waals surface area contributed by atoms with Crippen molar-refractivity contribution in [2.24, 2.45) is 0 Å². The molecule has 2 aromatic heterocycles. The van der Waals surface area contributed by atoms with Crippen molar-refractivity contribution in [3.63, 3.8) is 0 Å². The summed E-state index contributed by atoms with van der Waals surface area (Å²) in [5.74, 6) is -0.402. The molecule has 1 amide bonds. The van der Waals surface area contributed by atoms with Gasteiger partial charge in [0.2, 0.25) is 6.41 Å². The minimum atomic E-state index is -0.606. The van der Waals surface area contributed by atoms with Gasteiger partial charge in [0.25, 0.3) is 0 Å². The van der Waals surface area contributed by atoms with Crippen LogP contribution in [0.5, 0.6) is 6.01 Å². The first-order valence-electron chi connectivity index (χ1n) is 17.2. The highest BCUT2D eigenvalue weighted by Gasteiger charge is 2.39. The Morgan fingerprint density at radius 3 is 2.69 bits per heavy atom. The smallest absolute Gasteiger partial charge is 0.319 e. The molecule has 2 atom stereocenters. The maximum atomic E-state index is 17.0. The molecule has 9 nitrogen and oxygen atoms in total. The standard InChI is InChI=1S/C37H47F2N7O2/c1-5-15-37(17-9-19-45(37)4)23-48-35-43-33-28(34(44-35)46-20-8-16-36(2,22-46)42-24-47)21-41-32(31(33)39)27-11-6-10-25-13-14-29(38)26(30(25)27)12-7-18-40-3/h6,10-11,13-14,21,24,40H,5,7-9,12,15-20,22-23H2,1-4H3,(H,42,47). The van der Waals surface area contributed by atoms with E-state index in [1.165, 1.54) is 6.07 Å². The Labute approximate surface area is 281 Å². The Hall–Kier alpha value is -3.96. The first-order valence-corrected chi connectivity index (χ1v) is 17.2. The van der Waals surface area contributed by atoms with Crippen LogP contribution in [0.15, 0.2) is 36.5 Å². The molecule has 6 rings (SSSR count). The summed E-state index contributed by atoms with van der Waals surface area (Å²) in [6.07, 6.45) is 9.29. The molecule has 4 heterocycles. The van der Waals surface area contributed by atoms with Crippen LogP contribution in [-0.4, -0.2) is 84.2 Å². The fourth-order valence-electron chi connectivity index (χ4n) is 7.82. The molecule has 256 valence electrons. The number of aromatic nitrogens is 3. The van der Waals surface area contributed by atoms with Crippen LogP contribution < -0.4 is 20.3 Å². The number of hydrogen-bond acceptors (Lipinski definition) is 8. The maximum Gasteiger partial charge on any atom is 0.319 e. The number of likely N-dealkylation sites (N-methyl/N-ethyl adjacent to an activating group) is 1. The molecule has 2 aliphatic rings. The SMILES string of the molecule is CCCC1(COc2nc(N3CCCC(C)(NC=O)C3)c3cnc(-c4cccc5ccc(F)c(CCCNC)c45)c(F)c3n2)CCCN1C. The summed E-state index contributed by atoms with van der Waals surface area (Å²) >= 11 is 0. The number of anilines is 1. The number of ether oxygens (including phenoxy) is 1. The molecule has 48 heavy (non-hydrogen) atoms. The average molecular weight is 660 g/mol. The van der Waals surface area contributed by atoms with Crippen molar-refractivity contribution < 1.29 is 18.3 Å². The number of hydrogen-bond donors (Lipinski definition) is 2. The number of benzene rings is 2. The second kappa shape index (κ2) is 14.3. The number of aryl methyl sites for hydroxylation is 1. The average Bonchev–Trinajstić information content (AvgIpc) is 3.44. The Balaban J connectivity index is 1.49. The zero-order valence-corrected chi connectivity index (χ0v) is 28.5. The lowest BCUT2D eigenvalue weighted by molar-refractivity contribution is -0.111. The number of amides is 1. The van der Waals surface area contributed by atoms with Gasteiger partial charge in [-0.3, -0.25) is 14.7 Å². The molecule has 2 aromatic carbocycles. The van der Waals surface area contributed by atoms with E-state index in [0.717, 1.165) is 69.8 Å². The number of likely N-dealkylation sites (tertiary alicyclic amines) is 1. The molecule has 0 radical (unpaired) electrons. The molecular formula is C37H47F2N7O2. The van der Waals surface area contributed by atoms with Crippen LogP contribution in [0.4, 0.5) is 14.6 Å². The van der Waals surface area contributed by atoms with Crippen molar-refractivity contribution in [1.82, 2.24) is 30.5 Å². The Kier molecular flexibility index (Phi) is 10.1. The number of nitrogens with one attached hydrogen (secondary N) is 2. The van der Waals surface area contributed by atoms with Gasteiger partial charge < -0.3 is 20.3 Å². The predicted molar refractivity (Wildman–Crippen MR) is 186 cm³/mol. The molecule has 2 N–H and O–H groups in total. The van der Waals surface area contributed by atoms with Gasteiger partial charge in [-0.05, 0) is 101 Å². The Bertz CT molecular complexity index is 1790. The summed E-state index contributed by atoms with van der Waals surface area (Å²) in [5.41, 5.74) is 0.661. The van der Waals surface area contributed by atoms with Crippen LogP contribution >= 0.6 is 0 Å². The van der Waals surface area contributed by atoms with Gasteiger partial charge in [0.15, 0.2) is 5.82 Å². The van der Waals surface area contributed by atoms with Gasteiger partial charge in [-0.2, -0.15) is 9.97 Å². The number of carbonyl (C=O) groups excluding carboxylic acids is 1. The van der Waals surface area contributed by atoms with E-state index >= 15 is 8.78 Å². The van der Waals surface area contributed by atoms with E-state index in [1.807, 2.05) is 26.1 Å². The molecule has 2 unspecified atom stereocenters. The molecule has 2 aliphatic heterocycles. The fourth-order valence-corrected chi connectivity index (χ4v) is 7.82. The number of nitrogens with zero attached hydrogens (tertiary/aromatic N) is 5. The van der Waals surface area contributed by atoms with Gasteiger partial charge in [-0.25, -0.2) is 8.78 Å². The highest BCUT2D eigenvalue weighted by atomic mass is 19.1. The van der Waals surface area contributed by atoms with Gasteiger partial charge in [-0.1, -0.05) is 37.6 Å². The van der Waals surface area contributed by atoms with Crippen LogP contribution in [0.1, 0.15) is 64.4 Å². The third-order valence-corrected chi connectivity index (χ3v) is 10.4. The van der Waals surface area contributed by atoms with Crippen LogP contribution in [0.25, 0.3) is 32.9 Å². The summed E-state index contributed by atoms with van der Waals surface area (Å²) in [5, 5.41) is 8.02. The monoisotopic (exact) mass is 659 g/mol. The molecule has 0 saturated carbocycles. The first kappa shape index (κ1) is 33.9. The van der Waals surface area contributed by atoms with E-state index in [4.69, 9.17) is 14.7 Å². The normalized spacial score (nSPS) is 21.7. The second-order valence-corrected chi connectivity index (χ2v) is 13.8. The molecular weight excluding hydrogens is 612 g/mol. The van der Waals surface area contributed by atoms with Crippen molar-refractivity contribution in [3.05, 3.63) is 53.7 Å². The summed E-state index contributed by atoms with van der Waals surface area (Å²) in [4.78, 5) is 30.1. The first-order chi connectivity index (χ1) is 23.2. The fraction of sp³-hybridized carbons (Fsp3) is 0.514. The van der Waals surface area contributed by atoms with Gasteiger partial charge in [0.1, 0.15) is 29.5 Å². The van der Waals surface area contributed by atoms with E-state index < -0.39 is 11.4 Å². The van der Waals surface area contributed by atoms with Crippen molar-refractivity contribution in [2.45, 2.75) is 76.3 Å². The van der Waals surface area contributed by atoms with Crippen molar-refractivity contribution in [3.8, 4) is 17.3 Å². The summed E-state index contributed by atoms with van der Waals surface area (Å²) < 4.78 is 38.8. The molecule has 2 saturated heterocycles. The van der Waals surface area contributed by atoms with Crippen LogP contribution in [0.3, 0.4) is 0 Å². The lowest BCUT2D eigenvalue weighted by Gasteiger charge is -2.41. The second-order valence-electron chi connectivity index (χ2n) is 13.8. The van der Waals surface area contributed by atoms with E-state index in [9.17, 15) is 4.79 Å². The topological polar surface area (TPSA) is 95.5 Å². The number of rotatable bonds is 13. The van der Waals surface area contributed by atoms with Gasteiger partial charge >= 0.3 is 6.01 Å². The lowest BCUT2D eigenvalue weighted by Crippen LogP contribution is -2.55. The zero-order valence-electron chi connectivity index (χ0n) is 28.5. The maximum absolute atomic E-state index is 17.0. The van der Waals surface area contributed by atoms with Gasteiger partial charge in [0.05, 0.1) is 16.5 Å². The molecule has 0 bridgehead atoms. The summed E-state index contributed by atoms with van der Waals surface area (Å²) in [7, 11) is 4.00. The van der Waals surface area contributed by atoms with Crippen molar-refractivity contribution >= 4 is 33.9 Å². The third-order valence-electron chi connectivity index (χ3n) is 10.4. The molecule has 0 aliphatic carbocycles. The minimum absolute atomic E-state index is 0.102. The third kappa shape index (κ3) is 6.54. The lowest BCUT2D eigenvalue weighted by atomic mass is 9.91. The van der Waals surface area contributed by atoms with E-state index in [-0.39, 0.29) is 28.6 Å². The highest BCUT2D eigenvalue weighted by Crippen LogP contribution is 2.39. The molecule has 2 fully saturated rings. The van der Waals surface area contributed by atoms with Gasteiger partial charge in [0, 0.05) is 24.8 Å². The van der Waals surface area contributed by atoms with Gasteiger partial charge in [-0.15, -0.1) is 0 Å². The van der Waals surface area contributed by atoms with Crippen molar-refractivity contribution in [1.29, 1.82) is 0 Å². The van der Waals surface area contributed by atoms with E-state index in [2.05, 4.69) is 39.4 Å². The number of pyridine rings is 1. The van der Waals surface area contributed by atoms with Crippen molar-refractivity contribution in [2.75, 3.05) is 51.8 Å². The van der Waals surface area contributed by atoms with E-state index in [1.54, 1.807) is 18.3 Å². The summed E-state index contributed by atoms with van der Waals surface area (Å²) in [6, 6.07) is 8.87. The van der Waals surface area contributed by atoms with Crippen LogP contribution in [0, 0.1) is 11.6 Å². The number of carbonyl (C=O) groups is 1. The Morgan fingerprint density at radius 1 is 1.10 bits per heavy atom. The van der Waals surface area contributed by atoms with Crippen LogP contribution in [0.2, 0.25) is 0 Å². The van der Waals surface area contributed by atoms with Crippen LogP contribution in [-0.2, 0) is 11.2 Å². The van der Waals surface area contributed by atoms with E-state index in [0.29, 0.717) is 53.8 Å². The molecule has 0 spiro atoms. The number of piperidine rings is 1. The number of halogens is 2. The molecule has 4 aromatic rings. The largest absolute Gasteiger partial charge is 0.461 e. The quantitative estimate of drug-likeness (QED) is 0.133. The molecule has 11 heteroatoms.